The van der Waals surface area contributed by atoms with Gasteiger partial charge in [-0.25, -0.2) is 4.98 Å². The molecular formula is C14H27N3. The molecule has 1 atom stereocenters. The van der Waals surface area contributed by atoms with Crippen molar-refractivity contribution in [1.82, 2.24) is 14.9 Å². The first-order valence-electron chi connectivity index (χ1n) is 6.38. The van der Waals surface area contributed by atoms with E-state index in [4.69, 9.17) is 0 Å². The number of hydrogen-bond donors (Lipinski definition) is 1. The van der Waals surface area contributed by atoms with Gasteiger partial charge in [-0.3, -0.25) is 0 Å². The first-order chi connectivity index (χ1) is 7.68. The van der Waals surface area contributed by atoms with Crippen LogP contribution in [0.25, 0.3) is 0 Å². The molecule has 1 unspecified atom stereocenters. The Morgan fingerprint density at radius 3 is 2.24 bits per heavy atom. The molecule has 0 spiro atoms. The minimum atomic E-state index is 0.246. The van der Waals surface area contributed by atoms with E-state index in [1.165, 1.54) is 0 Å². The smallest absolute Gasteiger partial charge is 0.0946 e. The van der Waals surface area contributed by atoms with Gasteiger partial charge in [0.25, 0.3) is 0 Å². The van der Waals surface area contributed by atoms with Crippen molar-refractivity contribution < 1.29 is 0 Å². The molecule has 0 aromatic carbocycles. The van der Waals surface area contributed by atoms with Crippen molar-refractivity contribution in [3.05, 3.63) is 18.7 Å². The Balaban J connectivity index is 2.62. The monoisotopic (exact) mass is 237 g/mol. The zero-order valence-corrected chi connectivity index (χ0v) is 12.1. The van der Waals surface area contributed by atoms with Gasteiger partial charge in [0.1, 0.15) is 0 Å². The third-order valence-corrected chi connectivity index (χ3v) is 2.88. The van der Waals surface area contributed by atoms with E-state index in [1.54, 1.807) is 0 Å². The highest BCUT2D eigenvalue weighted by molar-refractivity contribution is 4.85. The molecule has 0 radical (unpaired) electrons. The van der Waals surface area contributed by atoms with E-state index in [0.717, 1.165) is 13.1 Å². The van der Waals surface area contributed by atoms with Crippen molar-refractivity contribution in [3.8, 4) is 0 Å². The van der Waals surface area contributed by atoms with Crippen LogP contribution >= 0.6 is 0 Å². The van der Waals surface area contributed by atoms with E-state index in [2.05, 4.69) is 56.4 Å². The van der Waals surface area contributed by atoms with Gasteiger partial charge in [0.15, 0.2) is 0 Å². The number of nitrogens with zero attached hydrogens (tertiary/aromatic N) is 2. The molecule has 3 heteroatoms. The topological polar surface area (TPSA) is 29.9 Å². The van der Waals surface area contributed by atoms with Crippen LogP contribution in [0.1, 0.15) is 41.5 Å². The molecule has 1 N–H and O–H groups in total. The van der Waals surface area contributed by atoms with Crippen LogP contribution in [0.3, 0.4) is 0 Å². The Morgan fingerprint density at radius 1 is 1.18 bits per heavy atom. The third-order valence-electron chi connectivity index (χ3n) is 2.88. The second-order valence-electron chi connectivity index (χ2n) is 7.12. The number of rotatable bonds is 4. The lowest BCUT2D eigenvalue weighted by Crippen LogP contribution is -2.46. The van der Waals surface area contributed by atoms with Gasteiger partial charge in [-0.2, -0.15) is 0 Å². The van der Waals surface area contributed by atoms with Crippen molar-refractivity contribution >= 4 is 0 Å². The molecule has 1 rings (SSSR count). The molecule has 98 valence electrons. The summed E-state index contributed by atoms with van der Waals surface area (Å²) in [6, 6.07) is 0.455. The summed E-state index contributed by atoms with van der Waals surface area (Å²) in [4.78, 5) is 4.10. The van der Waals surface area contributed by atoms with E-state index in [0.29, 0.717) is 11.5 Å². The van der Waals surface area contributed by atoms with E-state index in [9.17, 15) is 0 Å². The van der Waals surface area contributed by atoms with E-state index in [-0.39, 0.29) is 5.41 Å². The maximum atomic E-state index is 4.10. The molecular weight excluding hydrogens is 210 g/mol. The van der Waals surface area contributed by atoms with E-state index < -0.39 is 0 Å². The lowest BCUT2D eigenvalue weighted by Gasteiger charge is -2.34. The molecule has 1 aromatic rings. The zero-order chi connectivity index (χ0) is 13.1. The normalized spacial score (nSPS) is 14.9. The minimum Gasteiger partial charge on any atom is -0.336 e. The number of aromatic nitrogens is 2. The molecule has 1 heterocycles. The summed E-state index contributed by atoms with van der Waals surface area (Å²) in [6.07, 6.45) is 5.75. The molecule has 0 amide bonds. The van der Waals surface area contributed by atoms with Crippen molar-refractivity contribution in [2.45, 2.75) is 54.1 Å². The van der Waals surface area contributed by atoms with Gasteiger partial charge < -0.3 is 9.88 Å². The molecule has 17 heavy (non-hydrogen) atoms. The molecule has 0 aliphatic heterocycles. The Labute approximate surface area is 106 Å². The van der Waals surface area contributed by atoms with Gasteiger partial charge >= 0.3 is 0 Å². The number of nitrogens with one attached hydrogen (secondary N) is 1. The summed E-state index contributed by atoms with van der Waals surface area (Å²) in [5.41, 5.74) is 0.563. The SMILES string of the molecule is CC(C)(C)CNC(Cn1ccnc1)C(C)(C)C. The highest BCUT2D eigenvalue weighted by Gasteiger charge is 2.25. The first-order valence-corrected chi connectivity index (χ1v) is 6.38. The molecule has 0 fully saturated rings. The van der Waals surface area contributed by atoms with Crippen molar-refractivity contribution in [1.29, 1.82) is 0 Å². The third kappa shape index (κ3) is 5.35. The Hall–Kier alpha value is -0.830. The maximum Gasteiger partial charge on any atom is 0.0946 e. The van der Waals surface area contributed by atoms with Gasteiger partial charge in [0, 0.05) is 31.5 Å². The molecule has 0 bridgehead atoms. The van der Waals surface area contributed by atoms with Gasteiger partial charge in [-0.15, -0.1) is 0 Å². The largest absolute Gasteiger partial charge is 0.336 e. The predicted octanol–water partition coefficient (Wildman–Crippen LogP) is 2.93. The van der Waals surface area contributed by atoms with E-state index >= 15 is 0 Å². The summed E-state index contributed by atoms with van der Waals surface area (Å²) in [5, 5.41) is 3.69. The second-order valence-corrected chi connectivity index (χ2v) is 7.12. The van der Waals surface area contributed by atoms with Crippen LogP contribution in [0.5, 0.6) is 0 Å². The Morgan fingerprint density at radius 2 is 1.82 bits per heavy atom. The highest BCUT2D eigenvalue weighted by atomic mass is 15.1. The average molecular weight is 237 g/mol. The lowest BCUT2D eigenvalue weighted by atomic mass is 9.85. The molecule has 0 saturated heterocycles. The van der Waals surface area contributed by atoms with Crippen LogP contribution in [-0.2, 0) is 6.54 Å². The van der Waals surface area contributed by atoms with Crippen LogP contribution in [0.15, 0.2) is 18.7 Å². The van der Waals surface area contributed by atoms with Crippen LogP contribution in [-0.4, -0.2) is 22.1 Å². The number of imidazole rings is 1. The van der Waals surface area contributed by atoms with E-state index in [1.807, 2.05) is 18.7 Å². The Bertz CT molecular complexity index is 314. The molecule has 0 saturated carbocycles. The molecule has 0 aliphatic carbocycles. The van der Waals surface area contributed by atoms with Crippen molar-refractivity contribution in [2.24, 2.45) is 10.8 Å². The van der Waals surface area contributed by atoms with Gasteiger partial charge in [0.2, 0.25) is 0 Å². The predicted molar refractivity (Wildman–Crippen MR) is 72.9 cm³/mol. The van der Waals surface area contributed by atoms with Crippen molar-refractivity contribution in [3.63, 3.8) is 0 Å². The lowest BCUT2D eigenvalue weighted by molar-refractivity contribution is 0.217. The highest BCUT2D eigenvalue weighted by Crippen LogP contribution is 2.22. The number of hydrogen-bond acceptors (Lipinski definition) is 2. The maximum absolute atomic E-state index is 4.10. The average Bonchev–Trinajstić information content (AvgIpc) is 2.60. The van der Waals surface area contributed by atoms with Crippen molar-refractivity contribution in [2.75, 3.05) is 6.54 Å². The summed E-state index contributed by atoms with van der Waals surface area (Å²) >= 11 is 0. The quantitative estimate of drug-likeness (QED) is 0.872. The van der Waals surface area contributed by atoms with Crippen LogP contribution < -0.4 is 5.32 Å². The molecule has 3 nitrogen and oxygen atoms in total. The summed E-state index contributed by atoms with van der Waals surface area (Å²) < 4.78 is 2.14. The van der Waals surface area contributed by atoms with Crippen LogP contribution in [0, 0.1) is 10.8 Å². The first kappa shape index (κ1) is 14.2. The van der Waals surface area contributed by atoms with Gasteiger partial charge in [-0.05, 0) is 10.8 Å². The minimum absolute atomic E-state index is 0.246. The zero-order valence-electron chi connectivity index (χ0n) is 12.1. The van der Waals surface area contributed by atoms with Crippen LogP contribution in [0.2, 0.25) is 0 Å². The second kappa shape index (κ2) is 5.21. The molecule has 0 aliphatic rings. The fraction of sp³-hybridized carbons (Fsp3) is 0.786. The summed E-state index contributed by atoms with van der Waals surface area (Å²) in [6.45, 7) is 15.6. The van der Waals surface area contributed by atoms with Gasteiger partial charge in [-0.1, -0.05) is 41.5 Å². The fourth-order valence-corrected chi connectivity index (χ4v) is 1.68. The van der Waals surface area contributed by atoms with Crippen LogP contribution in [0.4, 0.5) is 0 Å². The molecule has 1 aromatic heterocycles. The fourth-order valence-electron chi connectivity index (χ4n) is 1.68. The van der Waals surface area contributed by atoms with Gasteiger partial charge in [0.05, 0.1) is 6.33 Å². The standard InChI is InChI=1S/C14H27N3/c1-13(2,3)10-16-12(14(4,5)6)9-17-8-7-15-11-17/h7-8,11-12,16H,9-10H2,1-6H3. The summed E-state index contributed by atoms with van der Waals surface area (Å²) in [5.74, 6) is 0. The Kier molecular flexibility index (Phi) is 4.36. The summed E-state index contributed by atoms with van der Waals surface area (Å²) in [7, 11) is 0.